The fraction of sp³-hybridized carbons (Fsp3) is 0.611. The van der Waals surface area contributed by atoms with Crippen molar-refractivity contribution in [2.24, 2.45) is 11.8 Å². The zero-order valence-corrected chi connectivity index (χ0v) is 14.4. The second-order valence-electron chi connectivity index (χ2n) is 6.62. The van der Waals surface area contributed by atoms with E-state index < -0.39 is 0 Å². The lowest BCUT2D eigenvalue weighted by molar-refractivity contribution is -0.141. The van der Waals surface area contributed by atoms with Gasteiger partial charge in [0.15, 0.2) is 0 Å². The number of aromatic nitrogens is 1. The molecule has 3 rings (SSSR count). The molecule has 0 aromatic carbocycles. The van der Waals surface area contributed by atoms with Crippen molar-refractivity contribution in [1.29, 1.82) is 0 Å². The lowest BCUT2D eigenvalue weighted by atomic mass is 9.88. The van der Waals surface area contributed by atoms with E-state index in [4.69, 9.17) is 4.74 Å². The van der Waals surface area contributed by atoms with E-state index >= 15 is 0 Å². The number of nitrogens with one attached hydrogen (secondary N) is 2. The molecule has 0 radical (unpaired) electrons. The molecule has 25 heavy (non-hydrogen) atoms. The Labute approximate surface area is 148 Å². The van der Waals surface area contributed by atoms with Crippen molar-refractivity contribution in [1.82, 2.24) is 20.5 Å². The minimum atomic E-state index is -0.152. The molecule has 2 N–H and O–H groups in total. The summed E-state index contributed by atoms with van der Waals surface area (Å²) in [7, 11) is 0. The molecule has 2 aliphatic heterocycles. The van der Waals surface area contributed by atoms with Crippen molar-refractivity contribution in [2.45, 2.75) is 12.8 Å². The third-order valence-electron chi connectivity index (χ3n) is 4.86. The Balaban J connectivity index is 1.45. The quantitative estimate of drug-likeness (QED) is 0.773. The number of hydrogen-bond donors (Lipinski definition) is 2. The first-order valence-electron chi connectivity index (χ1n) is 8.98. The van der Waals surface area contributed by atoms with Gasteiger partial charge < -0.3 is 20.3 Å². The van der Waals surface area contributed by atoms with Crippen LogP contribution in [0.1, 0.15) is 12.0 Å². The molecule has 2 amide bonds. The van der Waals surface area contributed by atoms with Crippen LogP contribution in [0, 0.1) is 11.8 Å². The zero-order chi connectivity index (χ0) is 17.5. The molecule has 0 saturated carbocycles. The van der Waals surface area contributed by atoms with Crippen LogP contribution in [0.25, 0.3) is 0 Å². The lowest BCUT2D eigenvalue weighted by Gasteiger charge is -2.34. The third-order valence-corrected chi connectivity index (χ3v) is 4.86. The molecule has 1 aromatic rings. The maximum Gasteiger partial charge on any atom is 0.227 e. The summed E-state index contributed by atoms with van der Waals surface area (Å²) in [5, 5.41) is 6.24. The summed E-state index contributed by atoms with van der Waals surface area (Å²) in [6.07, 6.45) is 4.91. The standard InChI is InChI=1S/C18H26N4O3/c23-17(21-6-3-14-1-4-19-5-2-14)15-11-16(13-20-12-15)18(24)22-7-9-25-10-8-22/h1-2,4-5,15-16,20H,3,6-13H2,(H,21,23)/t15-,16+/m1/s1. The SMILES string of the molecule is O=C(NCCc1ccncc1)[C@H]1CNC[C@@H](C(=O)N2CCOCC2)C1. The summed E-state index contributed by atoms with van der Waals surface area (Å²) in [5.74, 6) is -0.102. The van der Waals surface area contributed by atoms with Gasteiger partial charge in [-0.1, -0.05) is 0 Å². The Hall–Kier alpha value is -1.99. The van der Waals surface area contributed by atoms with E-state index in [0.29, 0.717) is 52.4 Å². The molecule has 2 saturated heterocycles. The van der Waals surface area contributed by atoms with Crippen LogP contribution in [0.15, 0.2) is 24.5 Å². The largest absolute Gasteiger partial charge is 0.378 e. The van der Waals surface area contributed by atoms with Crippen LogP contribution >= 0.6 is 0 Å². The number of nitrogens with zero attached hydrogens (tertiary/aromatic N) is 2. The van der Waals surface area contributed by atoms with E-state index in [9.17, 15) is 9.59 Å². The smallest absolute Gasteiger partial charge is 0.227 e. The first kappa shape index (κ1) is 17.8. The number of rotatable bonds is 5. The van der Waals surface area contributed by atoms with Crippen LogP contribution in [0.4, 0.5) is 0 Å². The monoisotopic (exact) mass is 346 g/mol. The molecule has 7 heteroatoms. The highest BCUT2D eigenvalue weighted by Gasteiger charge is 2.33. The van der Waals surface area contributed by atoms with Crippen molar-refractivity contribution < 1.29 is 14.3 Å². The normalized spacial score (nSPS) is 23.9. The Morgan fingerprint density at radius 1 is 1.20 bits per heavy atom. The van der Waals surface area contributed by atoms with E-state index in [0.717, 1.165) is 12.0 Å². The van der Waals surface area contributed by atoms with Gasteiger partial charge in [0.05, 0.1) is 25.0 Å². The molecule has 7 nitrogen and oxygen atoms in total. The molecule has 1 aromatic heterocycles. The van der Waals surface area contributed by atoms with Gasteiger partial charge >= 0.3 is 0 Å². The Bertz CT molecular complexity index is 575. The topological polar surface area (TPSA) is 83.6 Å². The van der Waals surface area contributed by atoms with Crippen LogP contribution in [-0.2, 0) is 20.7 Å². The fourth-order valence-corrected chi connectivity index (χ4v) is 3.40. The number of carbonyl (C=O) groups excluding carboxylic acids is 2. The molecular formula is C18H26N4O3. The van der Waals surface area contributed by atoms with Gasteiger partial charge in [-0.2, -0.15) is 0 Å². The summed E-state index contributed by atoms with van der Waals surface area (Å²) in [5.41, 5.74) is 1.15. The van der Waals surface area contributed by atoms with Gasteiger partial charge in [-0.05, 0) is 30.5 Å². The Morgan fingerprint density at radius 3 is 2.68 bits per heavy atom. The van der Waals surface area contributed by atoms with E-state index in [1.807, 2.05) is 17.0 Å². The number of morpholine rings is 1. The summed E-state index contributed by atoms with van der Waals surface area (Å²) in [4.78, 5) is 30.9. The molecule has 2 aliphatic rings. The lowest BCUT2D eigenvalue weighted by Crippen LogP contribution is -2.51. The average molecular weight is 346 g/mol. The molecule has 136 valence electrons. The number of hydrogen-bond acceptors (Lipinski definition) is 5. The second kappa shape index (κ2) is 8.92. The minimum Gasteiger partial charge on any atom is -0.378 e. The van der Waals surface area contributed by atoms with E-state index in [-0.39, 0.29) is 23.7 Å². The fourth-order valence-electron chi connectivity index (χ4n) is 3.40. The van der Waals surface area contributed by atoms with Crippen LogP contribution in [-0.4, -0.2) is 67.6 Å². The predicted molar refractivity (Wildman–Crippen MR) is 92.8 cm³/mol. The molecular weight excluding hydrogens is 320 g/mol. The number of piperidine rings is 1. The maximum atomic E-state index is 12.6. The van der Waals surface area contributed by atoms with Crippen molar-refractivity contribution >= 4 is 11.8 Å². The summed E-state index contributed by atoms with van der Waals surface area (Å²) < 4.78 is 5.30. The van der Waals surface area contributed by atoms with Gasteiger partial charge in [-0.15, -0.1) is 0 Å². The minimum absolute atomic E-state index is 0.0287. The van der Waals surface area contributed by atoms with Crippen molar-refractivity contribution in [2.75, 3.05) is 45.9 Å². The highest BCUT2D eigenvalue weighted by Crippen LogP contribution is 2.19. The van der Waals surface area contributed by atoms with Crippen LogP contribution in [0.5, 0.6) is 0 Å². The summed E-state index contributed by atoms with van der Waals surface area (Å²) in [6.45, 7) is 4.39. The van der Waals surface area contributed by atoms with Gasteiger partial charge in [0, 0.05) is 45.1 Å². The number of ether oxygens (including phenoxy) is 1. The van der Waals surface area contributed by atoms with E-state index in [1.165, 1.54) is 0 Å². The molecule has 0 unspecified atom stereocenters. The first-order valence-corrected chi connectivity index (χ1v) is 8.98. The highest BCUT2D eigenvalue weighted by molar-refractivity contribution is 5.83. The average Bonchev–Trinajstić information content (AvgIpc) is 2.69. The Morgan fingerprint density at radius 2 is 1.92 bits per heavy atom. The second-order valence-corrected chi connectivity index (χ2v) is 6.62. The molecule has 0 aliphatic carbocycles. The van der Waals surface area contributed by atoms with Crippen molar-refractivity contribution in [3.05, 3.63) is 30.1 Å². The van der Waals surface area contributed by atoms with Crippen LogP contribution in [0.2, 0.25) is 0 Å². The molecule has 3 heterocycles. The number of amides is 2. The maximum absolute atomic E-state index is 12.6. The summed E-state index contributed by atoms with van der Waals surface area (Å²) >= 11 is 0. The highest BCUT2D eigenvalue weighted by atomic mass is 16.5. The molecule has 0 bridgehead atoms. The van der Waals surface area contributed by atoms with Gasteiger partial charge in [-0.25, -0.2) is 0 Å². The predicted octanol–water partition coefficient (Wildman–Crippen LogP) is -0.175. The van der Waals surface area contributed by atoms with E-state index in [1.54, 1.807) is 12.4 Å². The van der Waals surface area contributed by atoms with Crippen LogP contribution in [0.3, 0.4) is 0 Å². The van der Waals surface area contributed by atoms with Gasteiger partial charge in [-0.3, -0.25) is 14.6 Å². The van der Waals surface area contributed by atoms with Gasteiger partial charge in [0.1, 0.15) is 0 Å². The molecule has 0 spiro atoms. The Kier molecular flexibility index (Phi) is 6.36. The van der Waals surface area contributed by atoms with Gasteiger partial charge in [0.25, 0.3) is 0 Å². The van der Waals surface area contributed by atoms with Crippen LogP contribution < -0.4 is 10.6 Å². The number of carbonyl (C=O) groups is 2. The number of pyridine rings is 1. The zero-order valence-electron chi connectivity index (χ0n) is 14.4. The third kappa shape index (κ3) is 4.99. The van der Waals surface area contributed by atoms with E-state index in [2.05, 4.69) is 15.6 Å². The molecule has 2 atom stereocenters. The molecule has 2 fully saturated rings. The van der Waals surface area contributed by atoms with Crippen molar-refractivity contribution in [3.63, 3.8) is 0 Å². The summed E-state index contributed by atoms with van der Waals surface area (Å²) in [6, 6.07) is 3.90. The van der Waals surface area contributed by atoms with Gasteiger partial charge in [0.2, 0.25) is 11.8 Å². The first-order chi connectivity index (χ1) is 12.2. The van der Waals surface area contributed by atoms with Crippen molar-refractivity contribution in [3.8, 4) is 0 Å².